The SMILES string of the molecule is Cc1ccccc1C1(C)CN=C(N)N1c1ccc(Cl)cc1. The van der Waals surface area contributed by atoms with Gasteiger partial charge in [-0.15, -0.1) is 0 Å². The van der Waals surface area contributed by atoms with Crippen molar-refractivity contribution in [3.05, 3.63) is 64.7 Å². The lowest BCUT2D eigenvalue weighted by atomic mass is 9.87. The number of nitrogens with zero attached hydrogens (tertiary/aromatic N) is 2. The van der Waals surface area contributed by atoms with Crippen LogP contribution >= 0.6 is 11.6 Å². The molecule has 3 nitrogen and oxygen atoms in total. The fraction of sp³-hybridized carbons (Fsp3) is 0.235. The second-order valence-electron chi connectivity index (χ2n) is 5.58. The molecule has 2 aromatic carbocycles. The van der Waals surface area contributed by atoms with E-state index in [0.717, 1.165) is 5.69 Å². The van der Waals surface area contributed by atoms with Crippen LogP contribution in [0, 0.1) is 6.92 Å². The van der Waals surface area contributed by atoms with E-state index in [1.807, 2.05) is 30.3 Å². The standard InChI is InChI=1S/C17H18ClN3/c1-12-5-3-4-6-15(12)17(2)11-20-16(19)21(17)14-9-7-13(18)8-10-14/h3-10H,11H2,1-2H3,(H2,19,20). The van der Waals surface area contributed by atoms with Crippen molar-refractivity contribution < 1.29 is 0 Å². The number of rotatable bonds is 2. The van der Waals surface area contributed by atoms with Crippen molar-refractivity contribution in [1.29, 1.82) is 0 Å². The van der Waals surface area contributed by atoms with Crippen molar-refractivity contribution >= 4 is 23.2 Å². The van der Waals surface area contributed by atoms with Crippen LogP contribution in [0.25, 0.3) is 0 Å². The van der Waals surface area contributed by atoms with Crippen molar-refractivity contribution in [2.75, 3.05) is 11.4 Å². The van der Waals surface area contributed by atoms with Gasteiger partial charge in [0.15, 0.2) is 5.96 Å². The molecular weight excluding hydrogens is 282 g/mol. The second-order valence-corrected chi connectivity index (χ2v) is 6.01. The van der Waals surface area contributed by atoms with E-state index in [0.29, 0.717) is 17.5 Å². The van der Waals surface area contributed by atoms with Gasteiger partial charge in [-0.05, 0) is 49.2 Å². The smallest absolute Gasteiger partial charge is 0.196 e. The molecule has 0 radical (unpaired) electrons. The summed E-state index contributed by atoms with van der Waals surface area (Å²) < 4.78 is 0. The Bertz CT molecular complexity index is 693. The molecule has 0 amide bonds. The van der Waals surface area contributed by atoms with Crippen LogP contribution in [0.2, 0.25) is 5.02 Å². The Morgan fingerprint density at radius 3 is 2.48 bits per heavy atom. The highest BCUT2D eigenvalue weighted by atomic mass is 35.5. The molecule has 1 aliphatic rings. The minimum Gasteiger partial charge on any atom is -0.369 e. The molecule has 0 bridgehead atoms. The van der Waals surface area contributed by atoms with Crippen LogP contribution in [0.15, 0.2) is 53.5 Å². The summed E-state index contributed by atoms with van der Waals surface area (Å²) in [4.78, 5) is 6.56. The summed E-state index contributed by atoms with van der Waals surface area (Å²) in [6.45, 7) is 4.94. The van der Waals surface area contributed by atoms with Crippen LogP contribution in [0.3, 0.4) is 0 Å². The highest BCUT2D eigenvalue weighted by Crippen LogP contribution is 2.38. The molecule has 0 saturated heterocycles. The lowest BCUT2D eigenvalue weighted by Crippen LogP contribution is -2.48. The van der Waals surface area contributed by atoms with Gasteiger partial charge in [0.2, 0.25) is 0 Å². The number of benzene rings is 2. The predicted octanol–water partition coefficient (Wildman–Crippen LogP) is 3.70. The van der Waals surface area contributed by atoms with Gasteiger partial charge in [-0.25, -0.2) is 0 Å². The summed E-state index contributed by atoms with van der Waals surface area (Å²) in [6, 6.07) is 16.1. The first-order valence-electron chi connectivity index (χ1n) is 6.94. The zero-order valence-electron chi connectivity index (χ0n) is 12.2. The van der Waals surface area contributed by atoms with Crippen LogP contribution in [-0.4, -0.2) is 12.5 Å². The maximum absolute atomic E-state index is 6.16. The zero-order valence-corrected chi connectivity index (χ0v) is 12.9. The zero-order chi connectivity index (χ0) is 15.0. The molecule has 4 heteroatoms. The van der Waals surface area contributed by atoms with Crippen molar-refractivity contribution in [2.24, 2.45) is 10.7 Å². The van der Waals surface area contributed by atoms with Crippen LogP contribution in [0.4, 0.5) is 5.69 Å². The van der Waals surface area contributed by atoms with Crippen molar-refractivity contribution in [3.8, 4) is 0 Å². The molecule has 0 fully saturated rings. The van der Waals surface area contributed by atoms with Crippen LogP contribution in [-0.2, 0) is 5.54 Å². The van der Waals surface area contributed by atoms with E-state index >= 15 is 0 Å². The Balaban J connectivity index is 2.10. The summed E-state index contributed by atoms with van der Waals surface area (Å²) in [6.07, 6.45) is 0. The minimum absolute atomic E-state index is 0.275. The van der Waals surface area contributed by atoms with Gasteiger partial charge in [0.05, 0.1) is 12.1 Å². The maximum atomic E-state index is 6.16. The lowest BCUT2D eigenvalue weighted by Gasteiger charge is -2.37. The number of guanidine groups is 1. The fourth-order valence-electron chi connectivity index (χ4n) is 3.02. The molecule has 108 valence electrons. The van der Waals surface area contributed by atoms with Gasteiger partial charge in [-0.1, -0.05) is 35.9 Å². The molecule has 1 aliphatic heterocycles. The molecule has 3 rings (SSSR count). The largest absolute Gasteiger partial charge is 0.369 e. The fourth-order valence-corrected chi connectivity index (χ4v) is 3.15. The third kappa shape index (κ3) is 2.28. The van der Waals surface area contributed by atoms with E-state index in [9.17, 15) is 0 Å². The molecule has 0 spiro atoms. The lowest BCUT2D eigenvalue weighted by molar-refractivity contribution is 0.529. The minimum atomic E-state index is -0.275. The van der Waals surface area contributed by atoms with E-state index in [1.165, 1.54) is 11.1 Å². The molecule has 2 N–H and O–H groups in total. The van der Waals surface area contributed by atoms with Crippen LogP contribution < -0.4 is 10.6 Å². The van der Waals surface area contributed by atoms with Crippen LogP contribution in [0.1, 0.15) is 18.1 Å². The first-order chi connectivity index (χ1) is 10.0. The topological polar surface area (TPSA) is 41.6 Å². The Labute approximate surface area is 130 Å². The summed E-state index contributed by atoms with van der Waals surface area (Å²) in [5.41, 5.74) is 9.36. The number of aliphatic imine (C=N–C) groups is 1. The Hall–Kier alpha value is -2.00. The van der Waals surface area contributed by atoms with Crippen molar-refractivity contribution in [2.45, 2.75) is 19.4 Å². The van der Waals surface area contributed by atoms with Gasteiger partial charge in [0.25, 0.3) is 0 Å². The first kappa shape index (κ1) is 14.0. The van der Waals surface area contributed by atoms with Gasteiger partial charge in [-0.2, -0.15) is 0 Å². The molecule has 0 aliphatic carbocycles. The van der Waals surface area contributed by atoms with E-state index in [-0.39, 0.29) is 5.54 Å². The predicted molar refractivity (Wildman–Crippen MR) is 89.0 cm³/mol. The van der Waals surface area contributed by atoms with E-state index in [4.69, 9.17) is 17.3 Å². The quantitative estimate of drug-likeness (QED) is 0.918. The third-order valence-electron chi connectivity index (χ3n) is 4.08. The summed E-state index contributed by atoms with van der Waals surface area (Å²) in [7, 11) is 0. The highest BCUT2D eigenvalue weighted by molar-refractivity contribution is 6.30. The molecule has 21 heavy (non-hydrogen) atoms. The molecule has 1 heterocycles. The van der Waals surface area contributed by atoms with Gasteiger partial charge in [0, 0.05) is 10.7 Å². The number of hydrogen-bond acceptors (Lipinski definition) is 3. The normalized spacial score (nSPS) is 21.5. The molecule has 2 aromatic rings. The average Bonchev–Trinajstić information content (AvgIpc) is 2.77. The third-order valence-corrected chi connectivity index (χ3v) is 4.33. The average molecular weight is 300 g/mol. The van der Waals surface area contributed by atoms with Crippen LogP contribution in [0.5, 0.6) is 0 Å². The summed E-state index contributed by atoms with van der Waals surface area (Å²) in [5, 5.41) is 0.714. The number of halogens is 1. The molecule has 0 saturated carbocycles. The molecule has 1 unspecified atom stereocenters. The van der Waals surface area contributed by atoms with Gasteiger partial charge in [0.1, 0.15) is 0 Å². The monoisotopic (exact) mass is 299 g/mol. The van der Waals surface area contributed by atoms with Gasteiger partial charge < -0.3 is 10.6 Å². The van der Waals surface area contributed by atoms with E-state index in [2.05, 4.69) is 41.9 Å². The maximum Gasteiger partial charge on any atom is 0.196 e. The second kappa shape index (κ2) is 5.08. The number of anilines is 1. The molecule has 0 aromatic heterocycles. The number of aryl methyl sites for hydroxylation is 1. The van der Waals surface area contributed by atoms with Crippen molar-refractivity contribution in [1.82, 2.24) is 0 Å². The summed E-state index contributed by atoms with van der Waals surface area (Å²) in [5.74, 6) is 0.545. The van der Waals surface area contributed by atoms with E-state index < -0.39 is 0 Å². The molecule has 1 atom stereocenters. The Morgan fingerprint density at radius 1 is 1.14 bits per heavy atom. The highest BCUT2D eigenvalue weighted by Gasteiger charge is 2.41. The van der Waals surface area contributed by atoms with Gasteiger partial charge in [-0.3, -0.25) is 4.99 Å². The van der Waals surface area contributed by atoms with Gasteiger partial charge >= 0.3 is 0 Å². The number of hydrogen-bond donors (Lipinski definition) is 1. The Morgan fingerprint density at radius 2 is 1.81 bits per heavy atom. The summed E-state index contributed by atoms with van der Waals surface area (Å²) >= 11 is 5.99. The number of nitrogens with two attached hydrogens (primary N) is 1. The van der Waals surface area contributed by atoms with Crippen molar-refractivity contribution in [3.63, 3.8) is 0 Å². The molecular formula is C17H18ClN3. The first-order valence-corrected chi connectivity index (χ1v) is 7.32. The van der Waals surface area contributed by atoms with E-state index in [1.54, 1.807) is 0 Å². The Kier molecular flexibility index (Phi) is 3.38.